The SMILES string of the molecule is CN(C(=O)CC(O)CF)c1ccccc1. The van der Waals surface area contributed by atoms with E-state index in [-0.39, 0.29) is 12.3 Å². The molecule has 0 saturated carbocycles. The molecule has 0 aliphatic carbocycles. The molecule has 1 atom stereocenters. The fourth-order valence-electron chi connectivity index (χ4n) is 1.19. The van der Waals surface area contributed by atoms with E-state index in [2.05, 4.69) is 0 Å². The second-order valence-electron chi connectivity index (χ2n) is 3.30. The maximum Gasteiger partial charge on any atom is 0.229 e. The van der Waals surface area contributed by atoms with Gasteiger partial charge in [-0.15, -0.1) is 0 Å². The number of aliphatic hydroxyl groups excluding tert-OH is 1. The molecule has 1 N–H and O–H groups in total. The van der Waals surface area contributed by atoms with Gasteiger partial charge in [-0.05, 0) is 12.1 Å². The van der Waals surface area contributed by atoms with E-state index in [9.17, 15) is 9.18 Å². The summed E-state index contributed by atoms with van der Waals surface area (Å²) in [6.07, 6.45) is -1.40. The highest BCUT2D eigenvalue weighted by Crippen LogP contribution is 2.12. The van der Waals surface area contributed by atoms with Crippen LogP contribution in [0.15, 0.2) is 30.3 Å². The number of carbonyl (C=O) groups is 1. The number of anilines is 1. The topological polar surface area (TPSA) is 40.5 Å². The standard InChI is InChI=1S/C11H14FNO2/c1-13(9-5-3-2-4-6-9)11(15)7-10(14)8-12/h2-6,10,14H,7-8H2,1H3. The largest absolute Gasteiger partial charge is 0.390 e. The number of nitrogens with zero attached hydrogens (tertiary/aromatic N) is 1. The molecule has 1 rings (SSSR count). The Labute approximate surface area is 88.1 Å². The summed E-state index contributed by atoms with van der Waals surface area (Å²) in [6.45, 7) is -0.894. The van der Waals surface area contributed by atoms with E-state index in [0.717, 1.165) is 5.69 Å². The van der Waals surface area contributed by atoms with Crippen LogP contribution in [0.25, 0.3) is 0 Å². The van der Waals surface area contributed by atoms with Gasteiger partial charge in [-0.1, -0.05) is 18.2 Å². The van der Waals surface area contributed by atoms with Crippen LogP contribution in [-0.4, -0.2) is 30.8 Å². The van der Waals surface area contributed by atoms with Crippen LogP contribution < -0.4 is 4.90 Å². The van der Waals surface area contributed by atoms with E-state index in [4.69, 9.17) is 5.11 Å². The highest BCUT2D eigenvalue weighted by Gasteiger charge is 2.15. The van der Waals surface area contributed by atoms with E-state index in [1.54, 1.807) is 19.2 Å². The third kappa shape index (κ3) is 3.32. The Morgan fingerprint density at radius 3 is 2.60 bits per heavy atom. The van der Waals surface area contributed by atoms with Crippen LogP contribution in [0.5, 0.6) is 0 Å². The first-order valence-corrected chi connectivity index (χ1v) is 4.70. The smallest absolute Gasteiger partial charge is 0.229 e. The Hall–Kier alpha value is -1.42. The first kappa shape index (κ1) is 11.7. The normalized spacial score (nSPS) is 12.2. The molecule has 0 saturated heterocycles. The molecule has 0 aromatic heterocycles. The second-order valence-corrected chi connectivity index (χ2v) is 3.30. The number of benzene rings is 1. The number of carbonyl (C=O) groups excluding carboxylic acids is 1. The molecule has 0 radical (unpaired) electrons. The molecule has 3 nitrogen and oxygen atoms in total. The van der Waals surface area contributed by atoms with E-state index < -0.39 is 12.8 Å². The summed E-state index contributed by atoms with van der Waals surface area (Å²) in [7, 11) is 1.60. The van der Waals surface area contributed by atoms with Gasteiger partial charge in [0.05, 0.1) is 12.5 Å². The van der Waals surface area contributed by atoms with Crippen LogP contribution in [0.1, 0.15) is 6.42 Å². The minimum atomic E-state index is -1.20. The molecular formula is C11H14FNO2. The molecule has 0 spiro atoms. The molecule has 0 heterocycles. The number of rotatable bonds is 4. The van der Waals surface area contributed by atoms with Crippen molar-refractivity contribution in [2.24, 2.45) is 0 Å². The molecule has 0 aliphatic rings. The van der Waals surface area contributed by atoms with Gasteiger partial charge in [-0.3, -0.25) is 4.79 Å². The molecule has 15 heavy (non-hydrogen) atoms. The molecule has 0 fully saturated rings. The van der Waals surface area contributed by atoms with E-state index >= 15 is 0 Å². The molecule has 1 unspecified atom stereocenters. The van der Waals surface area contributed by atoms with Gasteiger partial charge in [0.1, 0.15) is 6.67 Å². The van der Waals surface area contributed by atoms with Gasteiger partial charge >= 0.3 is 0 Å². The number of alkyl halides is 1. The summed E-state index contributed by atoms with van der Waals surface area (Å²) >= 11 is 0. The van der Waals surface area contributed by atoms with Gasteiger partial charge in [0, 0.05) is 12.7 Å². The predicted molar refractivity (Wildman–Crippen MR) is 56.5 cm³/mol. The van der Waals surface area contributed by atoms with Crippen molar-refractivity contribution in [1.82, 2.24) is 0 Å². The lowest BCUT2D eigenvalue weighted by atomic mass is 10.2. The molecule has 82 valence electrons. The van der Waals surface area contributed by atoms with Crippen LogP contribution in [0.4, 0.5) is 10.1 Å². The van der Waals surface area contributed by atoms with Crippen LogP contribution in [0, 0.1) is 0 Å². The van der Waals surface area contributed by atoms with Crippen molar-refractivity contribution < 1.29 is 14.3 Å². The highest BCUT2D eigenvalue weighted by atomic mass is 19.1. The maximum atomic E-state index is 12.0. The van der Waals surface area contributed by atoms with Gasteiger partial charge in [0.15, 0.2) is 0 Å². The van der Waals surface area contributed by atoms with Crippen LogP contribution in [-0.2, 0) is 4.79 Å². The van der Waals surface area contributed by atoms with Gasteiger partial charge in [-0.25, -0.2) is 4.39 Å². The van der Waals surface area contributed by atoms with Crippen molar-refractivity contribution in [1.29, 1.82) is 0 Å². The Morgan fingerprint density at radius 2 is 2.07 bits per heavy atom. The van der Waals surface area contributed by atoms with Crippen molar-refractivity contribution in [2.75, 3.05) is 18.6 Å². The molecule has 0 bridgehead atoms. The van der Waals surface area contributed by atoms with Gasteiger partial charge < -0.3 is 10.0 Å². The highest BCUT2D eigenvalue weighted by molar-refractivity contribution is 5.92. The maximum absolute atomic E-state index is 12.0. The minimum absolute atomic E-state index is 0.193. The fourth-order valence-corrected chi connectivity index (χ4v) is 1.19. The number of amides is 1. The van der Waals surface area contributed by atoms with E-state index in [1.165, 1.54) is 4.90 Å². The summed E-state index contributed by atoms with van der Waals surface area (Å²) in [5, 5.41) is 9.00. The number of hydrogen-bond acceptors (Lipinski definition) is 2. The zero-order valence-corrected chi connectivity index (χ0v) is 8.56. The van der Waals surface area contributed by atoms with Crippen molar-refractivity contribution in [3.8, 4) is 0 Å². The first-order chi connectivity index (χ1) is 7.15. The Balaban J connectivity index is 2.61. The summed E-state index contributed by atoms with van der Waals surface area (Å²) in [5.74, 6) is -0.300. The third-order valence-corrected chi connectivity index (χ3v) is 2.11. The number of para-hydroxylation sites is 1. The van der Waals surface area contributed by atoms with E-state index in [1.807, 2.05) is 18.2 Å². The van der Waals surface area contributed by atoms with Gasteiger partial charge in [-0.2, -0.15) is 0 Å². The number of halogens is 1. The lowest BCUT2D eigenvalue weighted by molar-refractivity contribution is -0.120. The minimum Gasteiger partial charge on any atom is -0.390 e. The lowest BCUT2D eigenvalue weighted by Gasteiger charge is -2.18. The predicted octanol–water partition coefficient (Wildman–Crippen LogP) is 1.37. The third-order valence-electron chi connectivity index (χ3n) is 2.11. The quantitative estimate of drug-likeness (QED) is 0.817. The Morgan fingerprint density at radius 1 is 1.47 bits per heavy atom. The zero-order valence-electron chi connectivity index (χ0n) is 8.56. The number of hydrogen-bond donors (Lipinski definition) is 1. The summed E-state index contributed by atoms with van der Waals surface area (Å²) < 4.78 is 12.0. The zero-order chi connectivity index (χ0) is 11.3. The van der Waals surface area contributed by atoms with Crippen LogP contribution in [0.3, 0.4) is 0 Å². The first-order valence-electron chi connectivity index (χ1n) is 4.70. The lowest BCUT2D eigenvalue weighted by Crippen LogP contribution is -2.30. The van der Waals surface area contributed by atoms with Crippen molar-refractivity contribution in [3.05, 3.63) is 30.3 Å². The monoisotopic (exact) mass is 211 g/mol. The summed E-state index contributed by atoms with van der Waals surface area (Å²) in [6, 6.07) is 9.02. The molecule has 4 heteroatoms. The van der Waals surface area contributed by atoms with Gasteiger partial charge in [0.2, 0.25) is 5.91 Å². The average molecular weight is 211 g/mol. The Kier molecular flexibility index (Phi) is 4.24. The van der Waals surface area contributed by atoms with Crippen molar-refractivity contribution >= 4 is 11.6 Å². The molecule has 0 aliphatic heterocycles. The Bertz CT molecular complexity index is 316. The van der Waals surface area contributed by atoms with Crippen LogP contribution >= 0.6 is 0 Å². The molecule has 1 aromatic rings. The number of aliphatic hydroxyl groups is 1. The van der Waals surface area contributed by atoms with E-state index in [0.29, 0.717) is 0 Å². The molecular weight excluding hydrogens is 197 g/mol. The van der Waals surface area contributed by atoms with Crippen molar-refractivity contribution in [3.63, 3.8) is 0 Å². The summed E-state index contributed by atoms with van der Waals surface area (Å²) in [5.41, 5.74) is 0.730. The van der Waals surface area contributed by atoms with Crippen molar-refractivity contribution in [2.45, 2.75) is 12.5 Å². The average Bonchev–Trinajstić information content (AvgIpc) is 2.29. The second kappa shape index (κ2) is 5.46. The molecule has 1 amide bonds. The van der Waals surface area contributed by atoms with Crippen LogP contribution in [0.2, 0.25) is 0 Å². The summed E-state index contributed by atoms with van der Waals surface area (Å²) in [4.78, 5) is 12.9. The molecule has 1 aromatic carbocycles. The van der Waals surface area contributed by atoms with Gasteiger partial charge in [0.25, 0.3) is 0 Å². The fraction of sp³-hybridized carbons (Fsp3) is 0.364.